The van der Waals surface area contributed by atoms with Gasteiger partial charge in [0.1, 0.15) is 12.1 Å². The minimum atomic E-state index is 0.550. The number of anilines is 1. The van der Waals surface area contributed by atoms with Crippen LogP contribution in [0, 0.1) is 6.92 Å². The highest BCUT2D eigenvalue weighted by molar-refractivity contribution is 5.66. The average molecular weight is 214 g/mol. The summed E-state index contributed by atoms with van der Waals surface area (Å²) in [5, 5.41) is 0. The van der Waals surface area contributed by atoms with Crippen molar-refractivity contribution in [1.82, 2.24) is 15.0 Å². The summed E-state index contributed by atoms with van der Waals surface area (Å²) >= 11 is 0. The largest absolute Gasteiger partial charge is 0.383 e. The Morgan fingerprint density at radius 2 is 2.06 bits per heavy atom. The molecule has 2 aromatic rings. The first-order valence-corrected chi connectivity index (χ1v) is 5.23. The fourth-order valence-corrected chi connectivity index (χ4v) is 1.71. The van der Waals surface area contributed by atoms with Crippen LogP contribution in [0.3, 0.4) is 0 Å². The van der Waals surface area contributed by atoms with Crippen molar-refractivity contribution in [2.24, 2.45) is 0 Å². The van der Waals surface area contributed by atoms with E-state index in [2.05, 4.69) is 15.0 Å². The van der Waals surface area contributed by atoms with E-state index in [-0.39, 0.29) is 0 Å². The summed E-state index contributed by atoms with van der Waals surface area (Å²) in [6.07, 6.45) is 5.93. The summed E-state index contributed by atoms with van der Waals surface area (Å²) in [7, 11) is 0. The molecule has 0 unspecified atom stereocenters. The Kier molecular flexibility index (Phi) is 2.81. The minimum Gasteiger partial charge on any atom is -0.383 e. The molecule has 82 valence electrons. The van der Waals surface area contributed by atoms with Gasteiger partial charge in [-0.15, -0.1) is 0 Å². The van der Waals surface area contributed by atoms with Gasteiger partial charge in [0, 0.05) is 23.5 Å². The molecule has 0 saturated carbocycles. The lowest BCUT2D eigenvalue weighted by molar-refractivity contribution is 1.06. The maximum Gasteiger partial charge on any atom is 0.130 e. The van der Waals surface area contributed by atoms with Gasteiger partial charge in [-0.2, -0.15) is 0 Å². The summed E-state index contributed by atoms with van der Waals surface area (Å²) in [5.74, 6) is 0.550. The minimum absolute atomic E-state index is 0.550. The molecule has 16 heavy (non-hydrogen) atoms. The predicted molar refractivity (Wildman–Crippen MR) is 63.8 cm³/mol. The van der Waals surface area contributed by atoms with Crippen LogP contribution in [0.4, 0.5) is 5.82 Å². The smallest absolute Gasteiger partial charge is 0.130 e. The maximum atomic E-state index is 5.84. The van der Waals surface area contributed by atoms with Gasteiger partial charge in [0.25, 0.3) is 0 Å². The Bertz CT molecular complexity index is 508. The zero-order valence-corrected chi connectivity index (χ0v) is 9.44. The first-order valence-electron chi connectivity index (χ1n) is 5.23. The van der Waals surface area contributed by atoms with Crippen LogP contribution >= 0.6 is 0 Å². The van der Waals surface area contributed by atoms with Crippen molar-refractivity contribution in [3.8, 4) is 11.3 Å². The maximum absolute atomic E-state index is 5.84. The van der Waals surface area contributed by atoms with Crippen LogP contribution in [-0.4, -0.2) is 15.0 Å². The van der Waals surface area contributed by atoms with Gasteiger partial charge in [0.2, 0.25) is 0 Å². The zero-order valence-electron chi connectivity index (χ0n) is 9.44. The van der Waals surface area contributed by atoms with Crippen molar-refractivity contribution in [3.63, 3.8) is 0 Å². The van der Waals surface area contributed by atoms with Gasteiger partial charge in [-0.1, -0.05) is 6.92 Å². The van der Waals surface area contributed by atoms with Crippen molar-refractivity contribution in [1.29, 1.82) is 0 Å². The number of nitrogens with zero attached hydrogens (tertiary/aromatic N) is 3. The van der Waals surface area contributed by atoms with E-state index in [9.17, 15) is 0 Å². The van der Waals surface area contributed by atoms with Crippen molar-refractivity contribution in [3.05, 3.63) is 35.9 Å². The normalized spacial score (nSPS) is 10.4. The summed E-state index contributed by atoms with van der Waals surface area (Å²) in [4.78, 5) is 12.5. The summed E-state index contributed by atoms with van der Waals surface area (Å²) in [5.41, 5.74) is 9.80. The molecule has 0 atom stereocenters. The van der Waals surface area contributed by atoms with E-state index in [1.54, 1.807) is 6.20 Å². The highest BCUT2D eigenvalue weighted by atomic mass is 14.9. The molecule has 0 amide bonds. The lowest BCUT2D eigenvalue weighted by atomic mass is 10.1. The summed E-state index contributed by atoms with van der Waals surface area (Å²) in [6, 6.07) is 2.05. The third-order valence-corrected chi connectivity index (χ3v) is 2.48. The second-order valence-electron chi connectivity index (χ2n) is 3.69. The van der Waals surface area contributed by atoms with Gasteiger partial charge in [-0.3, -0.25) is 4.98 Å². The number of nitrogen functional groups attached to an aromatic ring is 1. The molecule has 0 aromatic carbocycles. The van der Waals surface area contributed by atoms with Crippen LogP contribution in [0.5, 0.6) is 0 Å². The fourth-order valence-electron chi connectivity index (χ4n) is 1.71. The molecule has 2 aromatic heterocycles. The Labute approximate surface area is 94.6 Å². The molecular weight excluding hydrogens is 200 g/mol. The summed E-state index contributed by atoms with van der Waals surface area (Å²) < 4.78 is 0. The van der Waals surface area contributed by atoms with Crippen molar-refractivity contribution in [2.75, 3.05) is 5.73 Å². The SMILES string of the molecule is CCc1c(N)ncnc1-c1cncc(C)c1. The molecule has 0 spiro atoms. The molecule has 0 aliphatic heterocycles. The summed E-state index contributed by atoms with van der Waals surface area (Å²) in [6.45, 7) is 4.05. The lowest BCUT2D eigenvalue weighted by Crippen LogP contribution is -2.01. The molecule has 2 heterocycles. The second kappa shape index (κ2) is 4.26. The molecule has 0 saturated heterocycles. The highest BCUT2D eigenvalue weighted by Crippen LogP contribution is 2.24. The standard InChI is InChI=1S/C12H14N4/c1-3-10-11(15-7-16-12(10)13)9-4-8(2)5-14-6-9/h4-7H,3H2,1-2H3,(H2,13,15,16). The van der Waals surface area contributed by atoms with Crippen LogP contribution < -0.4 is 5.73 Å². The molecule has 0 aliphatic rings. The number of aryl methyl sites for hydroxylation is 1. The van der Waals surface area contributed by atoms with Crippen LogP contribution in [-0.2, 0) is 6.42 Å². The van der Waals surface area contributed by atoms with E-state index >= 15 is 0 Å². The first-order chi connectivity index (χ1) is 7.72. The highest BCUT2D eigenvalue weighted by Gasteiger charge is 2.09. The van der Waals surface area contributed by atoms with E-state index in [0.29, 0.717) is 5.82 Å². The van der Waals surface area contributed by atoms with E-state index < -0.39 is 0 Å². The lowest BCUT2D eigenvalue weighted by Gasteiger charge is -2.08. The number of rotatable bonds is 2. The van der Waals surface area contributed by atoms with E-state index in [1.165, 1.54) is 6.33 Å². The van der Waals surface area contributed by atoms with Crippen molar-refractivity contribution < 1.29 is 0 Å². The topological polar surface area (TPSA) is 64.7 Å². The Morgan fingerprint density at radius 3 is 2.75 bits per heavy atom. The molecule has 0 aliphatic carbocycles. The third-order valence-electron chi connectivity index (χ3n) is 2.48. The monoisotopic (exact) mass is 214 g/mol. The fraction of sp³-hybridized carbons (Fsp3) is 0.250. The zero-order chi connectivity index (χ0) is 11.5. The molecule has 2 N–H and O–H groups in total. The average Bonchev–Trinajstić information content (AvgIpc) is 2.28. The van der Waals surface area contributed by atoms with E-state index in [4.69, 9.17) is 5.73 Å². The van der Waals surface area contributed by atoms with E-state index in [1.807, 2.05) is 26.1 Å². The van der Waals surface area contributed by atoms with Crippen LogP contribution in [0.25, 0.3) is 11.3 Å². The third kappa shape index (κ3) is 1.86. The van der Waals surface area contributed by atoms with E-state index in [0.717, 1.165) is 28.8 Å². The van der Waals surface area contributed by atoms with Crippen molar-refractivity contribution in [2.45, 2.75) is 20.3 Å². The van der Waals surface area contributed by atoms with Crippen molar-refractivity contribution >= 4 is 5.82 Å². The Hall–Kier alpha value is -1.97. The number of nitrogens with two attached hydrogens (primary N) is 1. The number of hydrogen-bond acceptors (Lipinski definition) is 4. The van der Waals surface area contributed by atoms with Crippen LogP contribution in [0.1, 0.15) is 18.1 Å². The first kappa shape index (κ1) is 10.5. The van der Waals surface area contributed by atoms with Gasteiger partial charge < -0.3 is 5.73 Å². The van der Waals surface area contributed by atoms with Crippen LogP contribution in [0.15, 0.2) is 24.8 Å². The van der Waals surface area contributed by atoms with Crippen LogP contribution in [0.2, 0.25) is 0 Å². The van der Waals surface area contributed by atoms with Gasteiger partial charge in [0.15, 0.2) is 0 Å². The number of aromatic nitrogens is 3. The Balaban J connectivity index is 2.60. The quantitative estimate of drug-likeness (QED) is 0.830. The molecule has 4 nitrogen and oxygen atoms in total. The molecule has 4 heteroatoms. The van der Waals surface area contributed by atoms with Gasteiger partial charge in [0.05, 0.1) is 5.69 Å². The molecule has 0 radical (unpaired) electrons. The molecule has 2 rings (SSSR count). The van der Waals surface area contributed by atoms with Gasteiger partial charge in [-0.05, 0) is 25.0 Å². The molecule has 0 fully saturated rings. The second-order valence-corrected chi connectivity index (χ2v) is 3.69. The Morgan fingerprint density at radius 1 is 1.25 bits per heavy atom. The van der Waals surface area contributed by atoms with Gasteiger partial charge >= 0.3 is 0 Å². The van der Waals surface area contributed by atoms with Gasteiger partial charge in [-0.25, -0.2) is 9.97 Å². The molecular formula is C12H14N4. The predicted octanol–water partition coefficient (Wildman–Crippen LogP) is 1.99. The number of hydrogen-bond donors (Lipinski definition) is 1. The number of pyridine rings is 1. The molecule has 0 bridgehead atoms.